The summed E-state index contributed by atoms with van der Waals surface area (Å²) in [6.07, 6.45) is 0. The first-order valence-electron chi connectivity index (χ1n) is 0.671. The molecular weight excluding hydrogens is 294 g/mol. The second-order valence-electron chi connectivity index (χ2n) is 0.224. The molecular formula is Ag2NO4. The van der Waals surface area contributed by atoms with Crippen LogP contribution in [0.2, 0.25) is 0 Å². The van der Waals surface area contributed by atoms with Crippen LogP contribution in [0.1, 0.15) is 0 Å². The van der Waals surface area contributed by atoms with Gasteiger partial charge in [0, 0.05) is 0 Å². The maximum atomic E-state index is 8.25. The Morgan fingerprint density at radius 1 is 1.29 bits per heavy atom. The van der Waals surface area contributed by atoms with Gasteiger partial charge in [-0.05, 0) is 0 Å². The molecule has 0 unspecified atom stereocenters. The quantitative estimate of drug-likeness (QED) is 0.347. The first kappa shape index (κ1) is 15.6. The van der Waals surface area contributed by atoms with Gasteiger partial charge in [-0.25, -0.2) is 0 Å². The van der Waals surface area contributed by atoms with E-state index in [4.69, 9.17) is 18.6 Å². The summed E-state index contributed by atoms with van der Waals surface area (Å²) in [6, 6.07) is 0. The standard InChI is InChI=1S/2Ag.NO3.O/c;;2-1(3)4;/q;+1;-1;. The third-order valence-corrected chi connectivity index (χ3v) is 0. The van der Waals surface area contributed by atoms with E-state index >= 15 is 0 Å². The van der Waals surface area contributed by atoms with Gasteiger partial charge < -0.3 is 15.3 Å². The van der Waals surface area contributed by atoms with E-state index in [0.29, 0.717) is 0 Å². The van der Waals surface area contributed by atoms with Crippen LogP contribution in [-0.4, -0.2) is 5.09 Å². The van der Waals surface area contributed by atoms with Gasteiger partial charge in [-0.1, -0.05) is 0 Å². The second kappa shape index (κ2) is 16.1. The Labute approximate surface area is 67.0 Å². The van der Waals surface area contributed by atoms with Gasteiger partial charge in [0.25, 0.3) is 0 Å². The fourth-order valence-corrected chi connectivity index (χ4v) is 0. The molecule has 0 aromatic heterocycles. The summed E-state index contributed by atoms with van der Waals surface area (Å²) in [5.74, 6) is 0. The average Bonchev–Trinajstić information content (AvgIpc) is 1.41. The molecule has 0 heterocycles. The Kier molecular flexibility index (Phi) is 35.9. The molecule has 0 aromatic carbocycles. The van der Waals surface area contributed by atoms with Crippen molar-refractivity contribution in [3.63, 3.8) is 0 Å². The van der Waals surface area contributed by atoms with Crippen molar-refractivity contribution in [2.75, 3.05) is 0 Å². The molecule has 0 atom stereocenters. The molecule has 0 fully saturated rings. The minimum atomic E-state index is -1.75. The number of hydrogen-bond acceptors (Lipinski definition) is 4. The molecule has 0 aliphatic carbocycles. The molecule has 0 bridgehead atoms. The topological polar surface area (TPSA) is 83.3 Å². The van der Waals surface area contributed by atoms with Crippen LogP contribution in [0.5, 0.6) is 0 Å². The molecule has 0 N–H and O–H groups in total. The van der Waals surface area contributed by atoms with Gasteiger partial charge in [-0.15, -0.1) is 0 Å². The van der Waals surface area contributed by atoms with Gasteiger partial charge in [0.05, 0.1) is 5.09 Å². The maximum absolute atomic E-state index is 8.25. The van der Waals surface area contributed by atoms with Crippen molar-refractivity contribution in [3.05, 3.63) is 15.3 Å². The van der Waals surface area contributed by atoms with E-state index in [2.05, 4.69) is 0 Å². The number of hydrogen-bond donors (Lipinski definition) is 0. The second-order valence-corrected chi connectivity index (χ2v) is 0.224. The van der Waals surface area contributed by atoms with Crippen LogP contribution in [0.15, 0.2) is 0 Å². The normalized spacial score (nSPS) is 4.29. The van der Waals surface area contributed by atoms with E-state index in [9.17, 15) is 0 Å². The van der Waals surface area contributed by atoms with Crippen molar-refractivity contribution in [2.24, 2.45) is 0 Å². The third-order valence-electron chi connectivity index (χ3n) is 0. The summed E-state index contributed by atoms with van der Waals surface area (Å²) in [4.78, 5) is 8.25. The van der Waals surface area contributed by atoms with E-state index in [1.165, 1.54) is 0 Å². The Morgan fingerprint density at radius 2 is 1.29 bits per heavy atom. The Balaban J connectivity index is -0.0000000480. The summed E-state index contributed by atoms with van der Waals surface area (Å²) >= 11 is 1.70. The van der Waals surface area contributed by atoms with Gasteiger partial charge in [-0.2, -0.15) is 0 Å². The molecule has 0 aliphatic rings. The molecule has 5 nitrogen and oxygen atoms in total. The first-order valence-corrected chi connectivity index (χ1v) is 1.28. The molecule has 0 saturated carbocycles. The van der Waals surface area contributed by atoms with E-state index < -0.39 is 5.09 Å². The van der Waals surface area contributed by atoms with Crippen LogP contribution in [0.25, 0.3) is 0 Å². The van der Waals surface area contributed by atoms with Crippen molar-refractivity contribution in [2.45, 2.75) is 0 Å². The fraction of sp³-hybridized carbons (Fsp3) is 0. The molecule has 7 heavy (non-hydrogen) atoms. The molecule has 0 aliphatic heterocycles. The van der Waals surface area contributed by atoms with Crippen LogP contribution >= 0.6 is 0 Å². The summed E-state index contributed by atoms with van der Waals surface area (Å²) in [5.41, 5.74) is 0. The van der Waals surface area contributed by atoms with Crippen molar-refractivity contribution < 1.29 is 51.8 Å². The Morgan fingerprint density at radius 3 is 1.29 bits per heavy atom. The van der Waals surface area contributed by atoms with Crippen LogP contribution in [-0.2, 0) is 46.7 Å². The van der Waals surface area contributed by atoms with Crippen molar-refractivity contribution in [1.82, 2.24) is 0 Å². The number of rotatable bonds is 0. The van der Waals surface area contributed by atoms with Gasteiger partial charge in [0.1, 0.15) is 0 Å². The van der Waals surface area contributed by atoms with Crippen LogP contribution < -0.4 is 0 Å². The zero-order valence-electron chi connectivity index (χ0n) is 2.68. The van der Waals surface area contributed by atoms with Crippen LogP contribution in [0, 0.1) is 15.3 Å². The molecule has 0 rings (SSSR count). The Bertz CT molecular complexity index is 41.0. The molecule has 0 amide bonds. The average molecular weight is 294 g/mol. The molecule has 51 valence electrons. The summed E-state index contributed by atoms with van der Waals surface area (Å²) in [5, 5.41) is 14.8. The van der Waals surface area contributed by atoms with Gasteiger partial charge in [-0.3, -0.25) is 0 Å². The van der Waals surface area contributed by atoms with Crippen molar-refractivity contribution in [3.8, 4) is 0 Å². The van der Waals surface area contributed by atoms with E-state index in [-0.39, 0.29) is 22.4 Å². The molecule has 7 heteroatoms. The predicted octanol–water partition coefficient (Wildman–Crippen LogP) is -0.363. The molecule has 0 spiro atoms. The summed E-state index contributed by atoms with van der Waals surface area (Å²) in [7, 11) is 0. The first-order chi connectivity index (χ1) is 2.73. The van der Waals surface area contributed by atoms with Crippen molar-refractivity contribution >= 4 is 0 Å². The van der Waals surface area contributed by atoms with Crippen molar-refractivity contribution in [1.29, 1.82) is 0 Å². The van der Waals surface area contributed by atoms with Gasteiger partial charge >= 0.3 is 46.7 Å². The molecule has 0 radical (unpaired) electrons. The van der Waals surface area contributed by atoms with Gasteiger partial charge in [0.2, 0.25) is 0 Å². The van der Waals surface area contributed by atoms with Crippen LogP contribution in [0.3, 0.4) is 0 Å². The summed E-state index contributed by atoms with van der Waals surface area (Å²) in [6.45, 7) is 0. The Hall–Kier alpha value is 0.481. The zero-order valence-corrected chi connectivity index (χ0v) is 5.65. The SMILES string of the molecule is O=[N+]([O-])[O-].[Ag+].[O]=[Ag]. The van der Waals surface area contributed by atoms with E-state index in [1.54, 1.807) is 21.0 Å². The zero-order chi connectivity index (χ0) is 5.58. The van der Waals surface area contributed by atoms with E-state index in [0.717, 1.165) is 0 Å². The monoisotopic (exact) mass is 292 g/mol. The minimum absolute atomic E-state index is 0. The van der Waals surface area contributed by atoms with Crippen LogP contribution in [0.4, 0.5) is 0 Å². The summed E-state index contributed by atoms with van der Waals surface area (Å²) < 4.78 is 8.06. The van der Waals surface area contributed by atoms with E-state index in [1.807, 2.05) is 0 Å². The molecule has 0 saturated heterocycles. The predicted molar refractivity (Wildman–Crippen MR) is 11.0 cm³/mol. The fourth-order valence-electron chi connectivity index (χ4n) is 0. The third kappa shape index (κ3) is 563. The molecule has 0 aromatic rings. The van der Waals surface area contributed by atoms with Gasteiger partial charge in [0.15, 0.2) is 0 Å². The number of nitrogens with zero attached hydrogens (tertiary/aromatic N) is 1.